The molecule has 0 aromatic heterocycles. The molecule has 0 spiro atoms. The Kier molecular flexibility index (Phi) is 4.72. The number of nitrogens with one attached hydrogen (secondary N) is 1. The number of aliphatic hydroxyl groups excluding tert-OH is 1. The predicted octanol–water partition coefficient (Wildman–Crippen LogP) is 0.207. The van der Waals surface area contributed by atoms with Gasteiger partial charge in [-0.3, -0.25) is 0 Å². The standard InChI is InChI=1S/C13H19NO5S2/c1-2-10-3-4-13(7-11(10)8-15)21(18,19)14-12-5-6-20(16,17)9-12/h3-4,7,12,14-15H,2,5-6,8-9H2,1H3. The van der Waals surface area contributed by atoms with Gasteiger partial charge >= 0.3 is 0 Å². The van der Waals surface area contributed by atoms with Crippen molar-refractivity contribution in [2.24, 2.45) is 0 Å². The van der Waals surface area contributed by atoms with Gasteiger partial charge in [0, 0.05) is 6.04 Å². The second kappa shape index (κ2) is 6.04. The molecule has 8 heteroatoms. The van der Waals surface area contributed by atoms with Gasteiger partial charge in [0.25, 0.3) is 0 Å². The van der Waals surface area contributed by atoms with Crippen LogP contribution in [0.5, 0.6) is 0 Å². The molecule has 1 aromatic carbocycles. The molecule has 1 aliphatic heterocycles. The van der Waals surface area contributed by atoms with Crippen LogP contribution < -0.4 is 4.72 Å². The zero-order chi connectivity index (χ0) is 15.7. The first-order valence-corrected chi connectivity index (χ1v) is 10.0. The number of benzene rings is 1. The maximum absolute atomic E-state index is 12.3. The van der Waals surface area contributed by atoms with Crippen molar-refractivity contribution in [2.75, 3.05) is 11.5 Å². The van der Waals surface area contributed by atoms with Crippen LogP contribution in [-0.4, -0.2) is 39.5 Å². The third kappa shape index (κ3) is 3.82. The topological polar surface area (TPSA) is 101 Å². The van der Waals surface area contributed by atoms with E-state index in [4.69, 9.17) is 0 Å². The molecule has 1 fully saturated rings. The van der Waals surface area contributed by atoms with Crippen LogP contribution >= 0.6 is 0 Å². The average Bonchev–Trinajstić information content (AvgIpc) is 2.76. The van der Waals surface area contributed by atoms with Gasteiger partial charge in [-0.25, -0.2) is 21.6 Å². The van der Waals surface area contributed by atoms with Crippen LogP contribution in [0.15, 0.2) is 23.1 Å². The van der Waals surface area contributed by atoms with Gasteiger partial charge in [-0.05, 0) is 36.1 Å². The smallest absolute Gasteiger partial charge is 0.240 e. The van der Waals surface area contributed by atoms with Crippen molar-refractivity contribution in [3.63, 3.8) is 0 Å². The van der Waals surface area contributed by atoms with Crippen LogP contribution in [0.4, 0.5) is 0 Å². The minimum Gasteiger partial charge on any atom is -0.392 e. The van der Waals surface area contributed by atoms with E-state index in [2.05, 4.69) is 4.72 Å². The summed E-state index contributed by atoms with van der Waals surface area (Å²) >= 11 is 0. The molecule has 1 saturated heterocycles. The molecule has 1 heterocycles. The van der Waals surface area contributed by atoms with E-state index in [0.29, 0.717) is 18.4 Å². The highest BCUT2D eigenvalue weighted by atomic mass is 32.2. The third-order valence-electron chi connectivity index (χ3n) is 3.59. The highest BCUT2D eigenvalue weighted by Crippen LogP contribution is 2.19. The maximum atomic E-state index is 12.3. The molecule has 1 unspecified atom stereocenters. The van der Waals surface area contributed by atoms with Crippen molar-refractivity contribution in [1.29, 1.82) is 0 Å². The number of hydrogen-bond donors (Lipinski definition) is 2. The van der Waals surface area contributed by atoms with Gasteiger partial charge in [0.2, 0.25) is 10.0 Å². The minimum absolute atomic E-state index is 0.0108. The van der Waals surface area contributed by atoms with Gasteiger partial charge in [0.15, 0.2) is 9.84 Å². The SMILES string of the molecule is CCc1ccc(S(=O)(=O)NC2CCS(=O)(=O)C2)cc1CO. The quantitative estimate of drug-likeness (QED) is 0.802. The van der Waals surface area contributed by atoms with E-state index >= 15 is 0 Å². The van der Waals surface area contributed by atoms with E-state index in [9.17, 15) is 21.9 Å². The van der Waals surface area contributed by atoms with Crippen LogP contribution in [0, 0.1) is 0 Å². The average molecular weight is 333 g/mol. The number of aryl methyl sites for hydroxylation is 1. The Hall–Kier alpha value is -0.960. The fourth-order valence-corrected chi connectivity index (χ4v) is 5.54. The van der Waals surface area contributed by atoms with E-state index in [1.807, 2.05) is 6.92 Å². The summed E-state index contributed by atoms with van der Waals surface area (Å²) in [6, 6.07) is 4.00. The van der Waals surface area contributed by atoms with Crippen molar-refractivity contribution >= 4 is 19.9 Å². The first-order chi connectivity index (χ1) is 9.77. The Morgan fingerprint density at radius 2 is 2.05 bits per heavy atom. The molecule has 2 N–H and O–H groups in total. The lowest BCUT2D eigenvalue weighted by molar-refractivity contribution is 0.280. The molecule has 2 rings (SSSR count). The molecule has 0 bridgehead atoms. The predicted molar refractivity (Wildman–Crippen MR) is 79.1 cm³/mol. The Balaban J connectivity index is 2.24. The Bertz CT molecular complexity index is 725. The molecular formula is C13H19NO5S2. The van der Waals surface area contributed by atoms with E-state index in [1.54, 1.807) is 6.07 Å². The summed E-state index contributed by atoms with van der Waals surface area (Å²) in [6.45, 7) is 1.69. The summed E-state index contributed by atoms with van der Waals surface area (Å²) in [7, 11) is -6.92. The van der Waals surface area contributed by atoms with Crippen molar-refractivity contribution in [2.45, 2.75) is 37.3 Å². The van der Waals surface area contributed by atoms with Gasteiger partial charge in [-0.2, -0.15) is 0 Å². The molecule has 21 heavy (non-hydrogen) atoms. The normalized spacial score (nSPS) is 21.5. The molecule has 1 atom stereocenters. The van der Waals surface area contributed by atoms with Crippen LogP contribution in [0.25, 0.3) is 0 Å². The first kappa shape index (κ1) is 16.4. The lowest BCUT2D eigenvalue weighted by Crippen LogP contribution is -2.35. The summed E-state index contributed by atoms with van der Waals surface area (Å²) in [5.74, 6) is -0.150. The number of rotatable bonds is 5. The molecule has 0 amide bonds. The van der Waals surface area contributed by atoms with E-state index in [-0.39, 0.29) is 23.0 Å². The zero-order valence-corrected chi connectivity index (χ0v) is 13.4. The van der Waals surface area contributed by atoms with Crippen molar-refractivity contribution in [3.8, 4) is 0 Å². The second-order valence-corrected chi connectivity index (χ2v) is 9.11. The van der Waals surface area contributed by atoms with Gasteiger partial charge in [0.1, 0.15) is 0 Å². The highest BCUT2D eigenvalue weighted by molar-refractivity contribution is 7.92. The largest absolute Gasteiger partial charge is 0.392 e. The number of aliphatic hydroxyl groups is 1. The van der Waals surface area contributed by atoms with E-state index in [0.717, 1.165) is 5.56 Å². The van der Waals surface area contributed by atoms with Crippen molar-refractivity contribution < 1.29 is 21.9 Å². The summed E-state index contributed by atoms with van der Waals surface area (Å²) in [5, 5.41) is 9.30. The molecule has 0 aliphatic carbocycles. The van der Waals surface area contributed by atoms with Crippen molar-refractivity contribution in [1.82, 2.24) is 4.72 Å². The molecule has 0 saturated carbocycles. The highest BCUT2D eigenvalue weighted by Gasteiger charge is 2.31. The molecule has 1 aliphatic rings. The van der Waals surface area contributed by atoms with E-state index in [1.165, 1.54) is 12.1 Å². The van der Waals surface area contributed by atoms with Gasteiger partial charge in [-0.15, -0.1) is 0 Å². The summed E-state index contributed by atoms with van der Waals surface area (Å²) < 4.78 is 49.7. The van der Waals surface area contributed by atoms with Crippen LogP contribution in [0.1, 0.15) is 24.5 Å². The lowest BCUT2D eigenvalue weighted by Gasteiger charge is -2.13. The number of hydrogen-bond acceptors (Lipinski definition) is 5. The summed E-state index contributed by atoms with van der Waals surface area (Å²) in [6.07, 6.45) is 0.992. The zero-order valence-electron chi connectivity index (χ0n) is 11.7. The van der Waals surface area contributed by atoms with Crippen LogP contribution in [-0.2, 0) is 32.9 Å². The van der Waals surface area contributed by atoms with Crippen LogP contribution in [0.2, 0.25) is 0 Å². The lowest BCUT2D eigenvalue weighted by atomic mass is 10.1. The summed E-state index contributed by atoms with van der Waals surface area (Å²) in [5.41, 5.74) is 1.46. The fraction of sp³-hybridized carbons (Fsp3) is 0.538. The van der Waals surface area contributed by atoms with E-state index < -0.39 is 25.9 Å². The van der Waals surface area contributed by atoms with Gasteiger partial charge in [0.05, 0.1) is 23.0 Å². The third-order valence-corrected chi connectivity index (χ3v) is 6.88. The van der Waals surface area contributed by atoms with Crippen molar-refractivity contribution in [3.05, 3.63) is 29.3 Å². The Morgan fingerprint density at radius 3 is 2.57 bits per heavy atom. The Labute approximate surface area is 125 Å². The number of sulfone groups is 1. The molecule has 0 radical (unpaired) electrons. The van der Waals surface area contributed by atoms with Crippen LogP contribution in [0.3, 0.4) is 0 Å². The monoisotopic (exact) mass is 333 g/mol. The molecular weight excluding hydrogens is 314 g/mol. The number of sulfonamides is 1. The first-order valence-electron chi connectivity index (χ1n) is 6.73. The molecule has 1 aromatic rings. The summed E-state index contributed by atoms with van der Waals surface area (Å²) in [4.78, 5) is 0.0491. The maximum Gasteiger partial charge on any atom is 0.240 e. The van der Waals surface area contributed by atoms with Gasteiger partial charge in [-0.1, -0.05) is 13.0 Å². The molecule has 118 valence electrons. The molecule has 6 nitrogen and oxygen atoms in total. The fourth-order valence-electron chi connectivity index (χ4n) is 2.44. The Morgan fingerprint density at radius 1 is 1.33 bits per heavy atom. The second-order valence-electron chi connectivity index (χ2n) is 5.16. The van der Waals surface area contributed by atoms with Gasteiger partial charge < -0.3 is 5.11 Å². The minimum atomic E-state index is -3.78.